The van der Waals surface area contributed by atoms with Crippen molar-refractivity contribution in [1.29, 1.82) is 0 Å². The molecule has 21 heavy (non-hydrogen) atoms. The molecule has 5 heteroatoms. The Kier molecular flexibility index (Phi) is 3.12. The third-order valence-corrected chi connectivity index (χ3v) is 3.35. The minimum absolute atomic E-state index is 0.649. The standard InChI is InChI=1S/C16H12F3NO/c1-21-13-6-7-14-11(8-13)9-15(20-14)10-2-4-12(5-3-10)16(17,18)19/h2-9,20H,1H3. The molecule has 0 saturated carbocycles. The van der Waals surface area contributed by atoms with Gasteiger partial charge in [-0.25, -0.2) is 0 Å². The number of rotatable bonds is 2. The smallest absolute Gasteiger partial charge is 0.416 e. The van der Waals surface area contributed by atoms with E-state index in [-0.39, 0.29) is 0 Å². The number of aromatic nitrogens is 1. The van der Waals surface area contributed by atoms with E-state index in [0.29, 0.717) is 5.56 Å². The molecule has 0 amide bonds. The Bertz CT molecular complexity index is 772. The molecule has 0 bridgehead atoms. The van der Waals surface area contributed by atoms with Gasteiger partial charge in [-0.3, -0.25) is 0 Å². The maximum Gasteiger partial charge on any atom is 0.416 e. The van der Waals surface area contributed by atoms with Gasteiger partial charge in [0.25, 0.3) is 0 Å². The van der Waals surface area contributed by atoms with Crippen molar-refractivity contribution in [2.24, 2.45) is 0 Å². The largest absolute Gasteiger partial charge is 0.497 e. The van der Waals surface area contributed by atoms with E-state index in [1.54, 1.807) is 7.11 Å². The molecule has 0 unspecified atom stereocenters. The number of alkyl halides is 3. The molecule has 1 N–H and O–H groups in total. The summed E-state index contributed by atoms with van der Waals surface area (Å²) in [6.07, 6.45) is -4.31. The number of hydrogen-bond acceptors (Lipinski definition) is 1. The molecule has 108 valence electrons. The number of hydrogen-bond donors (Lipinski definition) is 1. The molecule has 0 aliphatic carbocycles. The highest BCUT2D eigenvalue weighted by Crippen LogP contribution is 2.32. The first-order valence-electron chi connectivity index (χ1n) is 6.32. The van der Waals surface area contributed by atoms with Crippen LogP contribution in [0.2, 0.25) is 0 Å². The van der Waals surface area contributed by atoms with Gasteiger partial charge in [0.15, 0.2) is 0 Å². The molecule has 0 aliphatic rings. The Hall–Kier alpha value is -2.43. The number of aromatic amines is 1. The van der Waals surface area contributed by atoms with Gasteiger partial charge in [-0.2, -0.15) is 13.2 Å². The van der Waals surface area contributed by atoms with Crippen molar-refractivity contribution in [1.82, 2.24) is 4.98 Å². The lowest BCUT2D eigenvalue weighted by molar-refractivity contribution is -0.137. The number of benzene rings is 2. The number of nitrogens with one attached hydrogen (secondary N) is 1. The van der Waals surface area contributed by atoms with Crippen LogP contribution < -0.4 is 4.74 Å². The highest BCUT2D eigenvalue weighted by Gasteiger charge is 2.29. The predicted octanol–water partition coefficient (Wildman–Crippen LogP) is 4.86. The molecule has 0 saturated heterocycles. The Morgan fingerprint density at radius 3 is 2.29 bits per heavy atom. The lowest BCUT2D eigenvalue weighted by Gasteiger charge is -2.06. The van der Waals surface area contributed by atoms with Gasteiger partial charge in [0.1, 0.15) is 5.75 Å². The van der Waals surface area contributed by atoms with Crippen LogP contribution >= 0.6 is 0 Å². The molecule has 2 nitrogen and oxygen atoms in total. The Balaban J connectivity index is 2.00. The number of halogens is 3. The summed E-state index contributed by atoms with van der Waals surface area (Å²) >= 11 is 0. The van der Waals surface area contributed by atoms with E-state index < -0.39 is 11.7 Å². The summed E-state index contributed by atoms with van der Waals surface area (Å²) in [5, 5.41) is 0.948. The first kappa shape index (κ1) is 13.5. The molecule has 3 aromatic rings. The van der Waals surface area contributed by atoms with Crippen molar-refractivity contribution < 1.29 is 17.9 Å². The van der Waals surface area contributed by atoms with E-state index in [1.807, 2.05) is 24.3 Å². The lowest BCUT2D eigenvalue weighted by atomic mass is 10.1. The van der Waals surface area contributed by atoms with Crippen molar-refractivity contribution in [2.75, 3.05) is 7.11 Å². The fraction of sp³-hybridized carbons (Fsp3) is 0.125. The quantitative estimate of drug-likeness (QED) is 0.716. The van der Waals surface area contributed by atoms with Crippen molar-refractivity contribution in [2.45, 2.75) is 6.18 Å². The van der Waals surface area contributed by atoms with Gasteiger partial charge >= 0.3 is 6.18 Å². The highest BCUT2D eigenvalue weighted by atomic mass is 19.4. The van der Waals surface area contributed by atoms with Crippen molar-refractivity contribution in [3.63, 3.8) is 0 Å². The molecule has 0 atom stereocenters. The maximum atomic E-state index is 12.6. The minimum Gasteiger partial charge on any atom is -0.497 e. The zero-order valence-electron chi connectivity index (χ0n) is 11.2. The molecule has 1 aromatic heterocycles. The van der Waals surface area contributed by atoms with E-state index in [9.17, 15) is 13.2 Å². The molecular weight excluding hydrogens is 279 g/mol. The second-order valence-electron chi connectivity index (χ2n) is 4.71. The van der Waals surface area contributed by atoms with Crippen LogP contribution in [0, 0.1) is 0 Å². The molecule has 0 aliphatic heterocycles. The van der Waals surface area contributed by atoms with Crippen molar-refractivity contribution in [3.8, 4) is 17.0 Å². The molecule has 2 aromatic carbocycles. The number of ether oxygens (including phenoxy) is 1. The number of fused-ring (bicyclic) bond motifs is 1. The number of methoxy groups -OCH3 is 1. The monoisotopic (exact) mass is 291 g/mol. The molecular formula is C16H12F3NO. The van der Waals surface area contributed by atoms with Gasteiger partial charge < -0.3 is 9.72 Å². The minimum atomic E-state index is -4.31. The van der Waals surface area contributed by atoms with Crippen LogP contribution in [0.25, 0.3) is 22.2 Å². The summed E-state index contributed by atoms with van der Waals surface area (Å²) in [7, 11) is 1.59. The van der Waals surface area contributed by atoms with Gasteiger partial charge in [0, 0.05) is 16.6 Å². The van der Waals surface area contributed by atoms with Crippen molar-refractivity contribution >= 4 is 10.9 Å². The fourth-order valence-corrected chi connectivity index (χ4v) is 2.23. The second kappa shape index (κ2) is 4.84. The summed E-state index contributed by atoms with van der Waals surface area (Å²) in [6, 6.07) is 12.6. The topological polar surface area (TPSA) is 25.0 Å². The van der Waals surface area contributed by atoms with E-state index in [2.05, 4.69) is 4.98 Å². The van der Waals surface area contributed by atoms with Crippen LogP contribution in [-0.2, 0) is 6.18 Å². The van der Waals surface area contributed by atoms with E-state index in [0.717, 1.165) is 34.5 Å². The first-order valence-corrected chi connectivity index (χ1v) is 6.32. The third kappa shape index (κ3) is 2.59. The Morgan fingerprint density at radius 2 is 1.67 bits per heavy atom. The third-order valence-electron chi connectivity index (χ3n) is 3.35. The van der Waals surface area contributed by atoms with E-state index >= 15 is 0 Å². The predicted molar refractivity (Wildman–Crippen MR) is 75.3 cm³/mol. The van der Waals surface area contributed by atoms with Crippen LogP contribution in [-0.4, -0.2) is 12.1 Å². The summed E-state index contributed by atoms with van der Waals surface area (Å²) in [4.78, 5) is 3.18. The van der Waals surface area contributed by atoms with Crippen LogP contribution in [0.3, 0.4) is 0 Å². The first-order chi connectivity index (χ1) is 9.97. The zero-order valence-corrected chi connectivity index (χ0v) is 11.2. The van der Waals surface area contributed by atoms with E-state index in [4.69, 9.17) is 4.74 Å². The lowest BCUT2D eigenvalue weighted by Crippen LogP contribution is -2.03. The Morgan fingerprint density at radius 1 is 0.952 bits per heavy atom. The summed E-state index contributed by atoms with van der Waals surface area (Å²) in [5.74, 6) is 0.737. The molecule has 0 spiro atoms. The molecule has 1 heterocycles. The van der Waals surface area contributed by atoms with Gasteiger partial charge in [0.2, 0.25) is 0 Å². The normalized spacial score (nSPS) is 11.8. The molecule has 3 rings (SSSR count). The number of H-pyrrole nitrogens is 1. The van der Waals surface area contributed by atoms with Gasteiger partial charge in [-0.05, 0) is 42.0 Å². The van der Waals surface area contributed by atoms with Crippen LogP contribution in [0.5, 0.6) is 5.75 Å². The molecule has 0 radical (unpaired) electrons. The second-order valence-corrected chi connectivity index (χ2v) is 4.71. The maximum absolute atomic E-state index is 12.6. The Labute approximate surface area is 119 Å². The van der Waals surface area contributed by atoms with Crippen LogP contribution in [0.4, 0.5) is 13.2 Å². The van der Waals surface area contributed by atoms with E-state index in [1.165, 1.54) is 12.1 Å². The van der Waals surface area contributed by atoms with Gasteiger partial charge in [-0.1, -0.05) is 12.1 Å². The SMILES string of the molecule is COc1ccc2[nH]c(-c3ccc(C(F)(F)F)cc3)cc2c1. The summed E-state index contributed by atoms with van der Waals surface area (Å²) in [6.45, 7) is 0. The van der Waals surface area contributed by atoms with Crippen molar-refractivity contribution in [3.05, 3.63) is 54.1 Å². The molecule has 0 fully saturated rings. The van der Waals surface area contributed by atoms with Crippen LogP contribution in [0.15, 0.2) is 48.5 Å². The highest BCUT2D eigenvalue weighted by molar-refractivity contribution is 5.87. The average molecular weight is 291 g/mol. The summed E-state index contributed by atoms with van der Waals surface area (Å²) in [5.41, 5.74) is 1.74. The summed E-state index contributed by atoms with van der Waals surface area (Å²) < 4.78 is 42.8. The fourth-order valence-electron chi connectivity index (χ4n) is 2.23. The van der Waals surface area contributed by atoms with Gasteiger partial charge in [-0.15, -0.1) is 0 Å². The average Bonchev–Trinajstić information content (AvgIpc) is 2.89. The zero-order chi connectivity index (χ0) is 15.0. The van der Waals surface area contributed by atoms with Crippen LogP contribution in [0.1, 0.15) is 5.56 Å². The van der Waals surface area contributed by atoms with Gasteiger partial charge in [0.05, 0.1) is 12.7 Å².